The van der Waals surface area contributed by atoms with E-state index in [1.165, 1.54) is 25.0 Å². The van der Waals surface area contributed by atoms with Crippen LogP contribution in [0.1, 0.15) is 57.6 Å². The van der Waals surface area contributed by atoms with E-state index in [-0.39, 0.29) is 35.2 Å². The Kier molecular flexibility index (Phi) is 3.55. The van der Waals surface area contributed by atoms with Crippen LogP contribution in [0.2, 0.25) is 0 Å². The van der Waals surface area contributed by atoms with Gasteiger partial charge in [-0.3, -0.25) is 9.59 Å². The number of carbonyl (C=O) groups is 2. The van der Waals surface area contributed by atoms with Gasteiger partial charge in [-0.1, -0.05) is 13.0 Å². The van der Waals surface area contributed by atoms with Gasteiger partial charge in [0.05, 0.1) is 6.10 Å². The lowest BCUT2D eigenvalue weighted by atomic mass is 9.55. The first-order chi connectivity index (χ1) is 12.8. The molecule has 5 nitrogen and oxygen atoms in total. The topological polar surface area (TPSA) is 65.1 Å². The fourth-order valence-corrected chi connectivity index (χ4v) is 6.54. The number of rotatable bonds is 2. The highest BCUT2D eigenvalue weighted by Gasteiger charge is 2.74. The van der Waals surface area contributed by atoms with E-state index in [0.29, 0.717) is 17.6 Å². The fourth-order valence-electron chi connectivity index (χ4n) is 6.54. The Morgan fingerprint density at radius 1 is 1.11 bits per heavy atom. The zero-order chi connectivity index (χ0) is 19.0. The molecule has 0 amide bonds. The molecular weight excluding hydrogens is 344 g/mol. The summed E-state index contributed by atoms with van der Waals surface area (Å²) in [6, 6.07) is 5.99. The Morgan fingerprint density at radius 2 is 1.93 bits per heavy atom. The molecule has 1 aromatic carbocycles. The van der Waals surface area contributed by atoms with Gasteiger partial charge < -0.3 is 14.2 Å². The second kappa shape index (κ2) is 5.57. The summed E-state index contributed by atoms with van der Waals surface area (Å²) in [5, 5.41) is 0. The molecule has 3 aliphatic carbocycles. The van der Waals surface area contributed by atoms with Crippen LogP contribution in [0.25, 0.3) is 0 Å². The zero-order valence-corrected chi connectivity index (χ0v) is 16.1. The molecular formula is C22H26O5. The average molecular weight is 370 g/mol. The maximum Gasteiger partial charge on any atom is 0.308 e. The van der Waals surface area contributed by atoms with E-state index in [0.717, 1.165) is 32.1 Å². The molecule has 0 aromatic heterocycles. The predicted molar refractivity (Wildman–Crippen MR) is 97.1 cm³/mol. The minimum atomic E-state index is -0.293. The van der Waals surface area contributed by atoms with Crippen LogP contribution in [0, 0.1) is 17.3 Å². The van der Waals surface area contributed by atoms with Crippen molar-refractivity contribution in [2.75, 3.05) is 0 Å². The monoisotopic (exact) mass is 370 g/mol. The van der Waals surface area contributed by atoms with Gasteiger partial charge in [0.25, 0.3) is 0 Å². The van der Waals surface area contributed by atoms with Crippen molar-refractivity contribution in [1.29, 1.82) is 0 Å². The van der Waals surface area contributed by atoms with Gasteiger partial charge in [0.15, 0.2) is 0 Å². The van der Waals surface area contributed by atoms with Crippen molar-refractivity contribution in [2.45, 2.75) is 70.7 Å². The highest BCUT2D eigenvalue weighted by molar-refractivity contribution is 5.69. The van der Waals surface area contributed by atoms with Gasteiger partial charge >= 0.3 is 11.9 Å². The summed E-state index contributed by atoms with van der Waals surface area (Å²) in [4.78, 5) is 22.8. The third-order valence-corrected chi connectivity index (χ3v) is 7.53. The third kappa shape index (κ3) is 2.33. The maximum absolute atomic E-state index is 11.6. The van der Waals surface area contributed by atoms with Crippen LogP contribution >= 0.6 is 0 Å². The number of epoxide rings is 1. The first-order valence-corrected chi connectivity index (χ1v) is 10.0. The molecule has 0 radical (unpaired) electrons. The first-order valence-electron chi connectivity index (χ1n) is 10.0. The van der Waals surface area contributed by atoms with E-state index in [2.05, 4.69) is 13.0 Å². The first kappa shape index (κ1) is 17.2. The van der Waals surface area contributed by atoms with Crippen LogP contribution in [0.3, 0.4) is 0 Å². The number of aryl methyl sites for hydroxylation is 1. The van der Waals surface area contributed by atoms with Gasteiger partial charge in [-0.15, -0.1) is 0 Å². The molecule has 1 heterocycles. The van der Waals surface area contributed by atoms with Crippen LogP contribution in [0.5, 0.6) is 5.75 Å². The predicted octanol–water partition coefficient (Wildman–Crippen LogP) is 3.52. The van der Waals surface area contributed by atoms with Gasteiger partial charge in [0.1, 0.15) is 17.5 Å². The second-order valence-electron chi connectivity index (χ2n) is 8.95. The quantitative estimate of drug-likeness (QED) is 0.453. The Morgan fingerprint density at radius 3 is 2.67 bits per heavy atom. The lowest BCUT2D eigenvalue weighted by Crippen LogP contribution is -2.49. The van der Waals surface area contributed by atoms with Gasteiger partial charge in [-0.2, -0.15) is 0 Å². The molecule has 5 rings (SSSR count). The molecule has 27 heavy (non-hydrogen) atoms. The summed E-state index contributed by atoms with van der Waals surface area (Å²) in [5.74, 6) is 1.13. The number of esters is 2. The third-order valence-electron chi connectivity index (χ3n) is 7.53. The summed E-state index contributed by atoms with van der Waals surface area (Å²) in [7, 11) is 0. The summed E-state index contributed by atoms with van der Waals surface area (Å²) < 4.78 is 17.4. The summed E-state index contributed by atoms with van der Waals surface area (Å²) in [5.41, 5.74) is 2.34. The van der Waals surface area contributed by atoms with E-state index in [1.807, 2.05) is 12.1 Å². The summed E-state index contributed by atoms with van der Waals surface area (Å²) >= 11 is 0. The lowest BCUT2D eigenvalue weighted by Gasteiger charge is -2.47. The fraction of sp³-hybridized carbons (Fsp3) is 0.636. The van der Waals surface area contributed by atoms with Gasteiger partial charge in [0.2, 0.25) is 0 Å². The lowest BCUT2D eigenvalue weighted by molar-refractivity contribution is -0.154. The van der Waals surface area contributed by atoms with Crippen LogP contribution in [0.15, 0.2) is 18.2 Å². The SMILES string of the molecule is CC(=O)Oc1ccc2c(c1)CC[C@@H]1[C@H]3CC[C@H](OC(C)=O)[C@]3(C)C[C@H]3O[C@@]213. The molecule has 5 heteroatoms. The van der Waals surface area contributed by atoms with Crippen molar-refractivity contribution >= 4 is 11.9 Å². The summed E-state index contributed by atoms with van der Waals surface area (Å²) in [6.45, 7) is 5.23. The molecule has 1 aliphatic heterocycles. The molecule has 1 spiro atoms. The number of fused-ring (bicyclic) bond motifs is 3. The van der Waals surface area contributed by atoms with Crippen molar-refractivity contribution in [3.63, 3.8) is 0 Å². The van der Waals surface area contributed by atoms with Gasteiger partial charge in [0, 0.05) is 19.3 Å². The van der Waals surface area contributed by atoms with Crippen molar-refractivity contribution in [3.05, 3.63) is 29.3 Å². The Labute approximate surface area is 159 Å². The Hall–Kier alpha value is -1.88. The molecule has 1 saturated heterocycles. The van der Waals surface area contributed by atoms with Gasteiger partial charge in [-0.25, -0.2) is 0 Å². The van der Waals surface area contributed by atoms with Crippen LogP contribution in [-0.4, -0.2) is 24.1 Å². The van der Waals surface area contributed by atoms with Crippen LogP contribution in [-0.2, 0) is 31.1 Å². The largest absolute Gasteiger partial charge is 0.462 e. The Balaban J connectivity index is 1.48. The van der Waals surface area contributed by atoms with E-state index in [1.54, 1.807) is 0 Å². The van der Waals surface area contributed by atoms with Gasteiger partial charge in [-0.05, 0) is 67.2 Å². The number of carbonyl (C=O) groups excluding carboxylic acids is 2. The minimum absolute atomic E-state index is 0.00920. The standard InChI is InChI=1S/C22H26O5/c1-12(23)25-15-5-7-16-14(10-15)4-6-18-17-8-9-19(26-13(2)24)21(17,3)11-20-22(16,18)27-20/h5,7,10,17-20H,4,6,8-9,11H2,1-3H3/t17-,18-,19+,20-,21-,22+/m1/s1. The molecule has 6 atom stereocenters. The highest BCUT2D eigenvalue weighted by atomic mass is 16.6. The number of hydrogen-bond donors (Lipinski definition) is 0. The van der Waals surface area contributed by atoms with Crippen LogP contribution in [0.4, 0.5) is 0 Å². The molecule has 2 saturated carbocycles. The summed E-state index contributed by atoms with van der Waals surface area (Å²) in [6.07, 6.45) is 5.24. The average Bonchev–Trinajstić information content (AvgIpc) is 3.20. The molecule has 0 N–H and O–H groups in total. The van der Waals surface area contributed by atoms with Crippen molar-refractivity contribution in [1.82, 2.24) is 0 Å². The maximum atomic E-state index is 11.6. The molecule has 3 fully saturated rings. The minimum Gasteiger partial charge on any atom is -0.462 e. The van der Waals surface area contributed by atoms with Crippen molar-refractivity contribution in [2.24, 2.45) is 17.3 Å². The molecule has 0 unspecified atom stereocenters. The van der Waals surface area contributed by atoms with E-state index >= 15 is 0 Å². The zero-order valence-electron chi connectivity index (χ0n) is 16.1. The highest BCUT2D eigenvalue weighted by Crippen LogP contribution is 2.71. The number of ether oxygens (including phenoxy) is 3. The number of benzene rings is 1. The molecule has 1 aromatic rings. The smallest absolute Gasteiger partial charge is 0.308 e. The van der Waals surface area contributed by atoms with E-state index < -0.39 is 0 Å². The molecule has 144 valence electrons. The van der Waals surface area contributed by atoms with E-state index in [9.17, 15) is 9.59 Å². The molecule has 0 bridgehead atoms. The Bertz CT molecular complexity index is 832. The normalized spacial score (nSPS) is 40.9. The number of hydrogen-bond acceptors (Lipinski definition) is 5. The van der Waals surface area contributed by atoms with Crippen molar-refractivity contribution < 1.29 is 23.8 Å². The van der Waals surface area contributed by atoms with Crippen LogP contribution < -0.4 is 4.74 Å². The second-order valence-corrected chi connectivity index (χ2v) is 8.95. The molecule has 4 aliphatic rings. The van der Waals surface area contributed by atoms with Crippen molar-refractivity contribution in [3.8, 4) is 5.75 Å². The van der Waals surface area contributed by atoms with E-state index in [4.69, 9.17) is 14.2 Å².